The lowest BCUT2D eigenvalue weighted by Crippen LogP contribution is -2.46. The second-order valence-corrected chi connectivity index (χ2v) is 7.30. The molecule has 1 aromatic heterocycles. The summed E-state index contributed by atoms with van der Waals surface area (Å²) in [7, 11) is 0. The quantitative estimate of drug-likeness (QED) is 0.792. The summed E-state index contributed by atoms with van der Waals surface area (Å²) >= 11 is 1.33. The predicted molar refractivity (Wildman–Crippen MR) is 101 cm³/mol. The minimum atomic E-state index is -1.10. The number of carbonyl (C=O) groups excluding carboxylic acids is 2. The first-order valence-electron chi connectivity index (χ1n) is 8.51. The van der Waals surface area contributed by atoms with Gasteiger partial charge >= 0.3 is 5.97 Å². The molecule has 1 atom stereocenters. The topological polar surface area (TPSA) is 95.9 Å². The van der Waals surface area contributed by atoms with Gasteiger partial charge in [-0.2, -0.15) is 0 Å². The molecule has 1 aliphatic rings. The van der Waals surface area contributed by atoms with E-state index in [2.05, 4.69) is 5.32 Å². The van der Waals surface area contributed by atoms with Crippen LogP contribution in [0.25, 0.3) is 10.4 Å². The normalized spacial score (nSPS) is 13.0. The maximum Gasteiger partial charge on any atom is 0.326 e. The average Bonchev–Trinajstić information content (AvgIpc) is 3.08. The van der Waals surface area contributed by atoms with Gasteiger partial charge in [0.2, 0.25) is 5.91 Å². The average molecular weight is 388 g/mol. The number of nitrogens with one attached hydrogen (secondary N) is 1. The number of hydrogen-bond donors (Lipinski definition) is 2. The zero-order valence-corrected chi connectivity index (χ0v) is 15.8. The van der Waals surface area contributed by atoms with E-state index in [0.717, 1.165) is 21.8 Å². The summed E-state index contributed by atoms with van der Waals surface area (Å²) in [5, 5.41) is 11.9. The Bertz CT molecular complexity index is 892. The van der Waals surface area contributed by atoms with Gasteiger partial charge < -0.3 is 20.1 Å². The summed E-state index contributed by atoms with van der Waals surface area (Å²) in [6.45, 7) is 3.51. The molecule has 2 heterocycles. The lowest BCUT2D eigenvalue weighted by molar-refractivity contribution is -0.141. The van der Waals surface area contributed by atoms with E-state index in [1.54, 1.807) is 6.07 Å². The Morgan fingerprint density at radius 2 is 2.07 bits per heavy atom. The van der Waals surface area contributed by atoms with Crippen LogP contribution in [0, 0.1) is 0 Å². The van der Waals surface area contributed by atoms with E-state index in [1.807, 2.05) is 24.3 Å². The van der Waals surface area contributed by atoms with E-state index in [4.69, 9.17) is 4.74 Å². The van der Waals surface area contributed by atoms with E-state index in [0.29, 0.717) is 11.5 Å². The van der Waals surface area contributed by atoms with Gasteiger partial charge in [0.1, 0.15) is 18.4 Å². The number of carbonyl (C=O) groups is 3. The highest BCUT2D eigenvalue weighted by Gasteiger charge is 2.29. The molecule has 1 aromatic carbocycles. The minimum absolute atomic E-state index is 0.113. The highest BCUT2D eigenvalue weighted by molar-refractivity contribution is 7.17. The standard InChI is InChI=1S/C19H20N2O5S/c1-11(19(24)25)21(8-7-20-12(2)22)18(23)16-9-13-10-26-15-6-4-3-5-14(15)17(13)27-16/h3-6,9,11H,7-8,10H2,1-2H3,(H,20,22)(H,24,25). The van der Waals surface area contributed by atoms with Crippen molar-refractivity contribution in [1.29, 1.82) is 0 Å². The molecule has 8 heteroatoms. The molecule has 3 rings (SSSR count). The van der Waals surface area contributed by atoms with E-state index >= 15 is 0 Å². The molecule has 1 aliphatic heterocycles. The van der Waals surface area contributed by atoms with Crippen molar-refractivity contribution >= 4 is 29.1 Å². The number of thiophene rings is 1. The third-order valence-electron chi connectivity index (χ3n) is 4.35. The summed E-state index contributed by atoms with van der Waals surface area (Å²) in [5.74, 6) is -0.925. The number of hydrogen-bond acceptors (Lipinski definition) is 5. The van der Waals surface area contributed by atoms with Gasteiger partial charge in [0.25, 0.3) is 5.91 Å². The van der Waals surface area contributed by atoms with Crippen molar-refractivity contribution in [1.82, 2.24) is 10.2 Å². The molecule has 0 spiro atoms. The maximum absolute atomic E-state index is 13.0. The Kier molecular flexibility index (Phi) is 5.46. The number of benzene rings is 1. The van der Waals surface area contributed by atoms with Crippen molar-refractivity contribution < 1.29 is 24.2 Å². The Hall–Kier alpha value is -2.87. The van der Waals surface area contributed by atoms with Crippen molar-refractivity contribution in [2.75, 3.05) is 13.1 Å². The van der Waals surface area contributed by atoms with Crippen molar-refractivity contribution in [3.63, 3.8) is 0 Å². The fourth-order valence-corrected chi connectivity index (χ4v) is 4.06. The number of fused-ring (bicyclic) bond motifs is 3. The fraction of sp³-hybridized carbons (Fsp3) is 0.316. The zero-order valence-electron chi connectivity index (χ0n) is 15.0. The van der Waals surface area contributed by atoms with E-state index < -0.39 is 12.0 Å². The van der Waals surface area contributed by atoms with E-state index in [9.17, 15) is 19.5 Å². The Labute approximate surface area is 160 Å². The zero-order chi connectivity index (χ0) is 19.6. The number of para-hydroxylation sites is 1. The SMILES string of the molecule is CC(=O)NCCN(C(=O)c1cc2c(s1)-c1ccccc1OC2)C(C)C(=O)O. The minimum Gasteiger partial charge on any atom is -0.488 e. The molecule has 0 radical (unpaired) electrons. The summed E-state index contributed by atoms with van der Waals surface area (Å²) in [5.41, 5.74) is 1.84. The number of ether oxygens (including phenoxy) is 1. The van der Waals surface area contributed by atoms with Gasteiger partial charge in [0, 0.05) is 36.0 Å². The van der Waals surface area contributed by atoms with Crippen LogP contribution >= 0.6 is 11.3 Å². The van der Waals surface area contributed by atoms with Crippen molar-refractivity contribution in [3.05, 3.63) is 40.8 Å². The second kappa shape index (κ2) is 7.79. The molecular formula is C19H20N2O5S. The molecule has 0 saturated heterocycles. The summed E-state index contributed by atoms with van der Waals surface area (Å²) in [6, 6.07) is 8.37. The third kappa shape index (κ3) is 3.95. The van der Waals surface area contributed by atoms with Crippen molar-refractivity contribution in [2.45, 2.75) is 26.5 Å². The van der Waals surface area contributed by atoms with Crippen LogP contribution in [0.4, 0.5) is 0 Å². The molecule has 142 valence electrons. The molecule has 7 nitrogen and oxygen atoms in total. The fourth-order valence-electron chi connectivity index (χ4n) is 2.90. The lowest BCUT2D eigenvalue weighted by Gasteiger charge is -2.26. The highest BCUT2D eigenvalue weighted by atomic mass is 32.1. The van der Waals surface area contributed by atoms with Crippen LogP contribution in [0.1, 0.15) is 29.1 Å². The van der Waals surface area contributed by atoms with Gasteiger partial charge in [-0.1, -0.05) is 12.1 Å². The largest absolute Gasteiger partial charge is 0.488 e. The van der Waals surface area contributed by atoms with Crippen LogP contribution < -0.4 is 10.1 Å². The molecule has 2 N–H and O–H groups in total. The summed E-state index contributed by atoms with van der Waals surface area (Å²) < 4.78 is 5.72. The smallest absolute Gasteiger partial charge is 0.326 e. The molecule has 27 heavy (non-hydrogen) atoms. The lowest BCUT2D eigenvalue weighted by atomic mass is 10.1. The van der Waals surface area contributed by atoms with E-state index in [-0.39, 0.29) is 24.9 Å². The Morgan fingerprint density at radius 3 is 2.78 bits per heavy atom. The second-order valence-electron chi connectivity index (χ2n) is 6.25. The molecule has 0 saturated carbocycles. The molecule has 1 unspecified atom stereocenters. The van der Waals surface area contributed by atoms with Crippen LogP contribution in [0.5, 0.6) is 5.75 Å². The Morgan fingerprint density at radius 1 is 1.33 bits per heavy atom. The molecule has 0 fully saturated rings. The highest BCUT2D eigenvalue weighted by Crippen LogP contribution is 2.42. The number of amides is 2. The van der Waals surface area contributed by atoms with Gasteiger partial charge in [-0.3, -0.25) is 9.59 Å². The number of rotatable bonds is 6. The first kappa shape index (κ1) is 18.9. The number of aliphatic carboxylic acids is 1. The van der Waals surface area contributed by atoms with Gasteiger partial charge in [0.05, 0.1) is 4.88 Å². The van der Waals surface area contributed by atoms with Gasteiger partial charge in [0.15, 0.2) is 0 Å². The first-order chi connectivity index (χ1) is 12.9. The Balaban J connectivity index is 1.87. The third-order valence-corrected chi connectivity index (χ3v) is 5.55. The van der Waals surface area contributed by atoms with Gasteiger partial charge in [-0.15, -0.1) is 11.3 Å². The molecule has 0 aliphatic carbocycles. The summed E-state index contributed by atoms with van der Waals surface area (Å²) in [4.78, 5) is 38.2. The predicted octanol–water partition coefficient (Wildman–Crippen LogP) is 2.36. The number of nitrogens with zero attached hydrogens (tertiary/aromatic N) is 1. The van der Waals surface area contributed by atoms with Crippen LogP contribution in [0.2, 0.25) is 0 Å². The first-order valence-corrected chi connectivity index (χ1v) is 9.33. The summed E-state index contributed by atoms with van der Waals surface area (Å²) in [6.07, 6.45) is 0. The van der Waals surface area contributed by atoms with Gasteiger partial charge in [-0.25, -0.2) is 4.79 Å². The monoisotopic (exact) mass is 388 g/mol. The maximum atomic E-state index is 13.0. The molecular weight excluding hydrogens is 368 g/mol. The van der Waals surface area contributed by atoms with Crippen LogP contribution in [-0.2, 0) is 16.2 Å². The van der Waals surface area contributed by atoms with Gasteiger partial charge in [-0.05, 0) is 25.1 Å². The van der Waals surface area contributed by atoms with Crippen molar-refractivity contribution in [3.8, 4) is 16.2 Å². The van der Waals surface area contributed by atoms with Crippen molar-refractivity contribution in [2.24, 2.45) is 0 Å². The molecule has 2 amide bonds. The molecule has 2 aromatic rings. The number of carboxylic acid groups (broad SMARTS) is 1. The molecule has 0 bridgehead atoms. The van der Waals surface area contributed by atoms with Crippen LogP contribution in [0.3, 0.4) is 0 Å². The number of carboxylic acids is 1. The van der Waals surface area contributed by atoms with Crippen LogP contribution in [-0.4, -0.2) is 46.9 Å². The van der Waals surface area contributed by atoms with E-state index in [1.165, 1.54) is 30.1 Å². The van der Waals surface area contributed by atoms with Crippen LogP contribution in [0.15, 0.2) is 30.3 Å².